The van der Waals surface area contributed by atoms with Crippen molar-refractivity contribution in [2.24, 2.45) is 0 Å². The predicted molar refractivity (Wildman–Crippen MR) is 112 cm³/mol. The van der Waals surface area contributed by atoms with Gasteiger partial charge in [-0.1, -0.05) is 54.6 Å². The van der Waals surface area contributed by atoms with Gasteiger partial charge < -0.3 is 10.2 Å². The van der Waals surface area contributed by atoms with Crippen LogP contribution in [0, 0.1) is 4.77 Å². The van der Waals surface area contributed by atoms with Gasteiger partial charge in [-0.25, -0.2) is 0 Å². The van der Waals surface area contributed by atoms with Crippen molar-refractivity contribution < 1.29 is 10.2 Å². The smallest absolute Gasteiger partial charge is 0.195 e. The average Bonchev–Trinajstić information content (AvgIpc) is 3.10. The Morgan fingerprint density at radius 2 is 1.57 bits per heavy atom. The molecule has 0 spiro atoms. The van der Waals surface area contributed by atoms with Crippen LogP contribution in [0.1, 0.15) is 5.56 Å². The fourth-order valence-electron chi connectivity index (χ4n) is 3.18. The number of aryl methyl sites for hydroxylation is 1. The molecule has 28 heavy (non-hydrogen) atoms. The summed E-state index contributed by atoms with van der Waals surface area (Å²) in [6, 6.07) is 23.2. The van der Waals surface area contributed by atoms with Crippen molar-refractivity contribution in [1.29, 1.82) is 0 Å². The molecule has 1 heterocycles. The zero-order valence-electron chi connectivity index (χ0n) is 15.0. The minimum atomic E-state index is -0.123. The van der Waals surface area contributed by atoms with Crippen LogP contribution in [0.4, 0.5) is 0 Å². The van der Waals surface area contributed by atoms with E-state index in [1.165, 1.54) is 6.07 Å². The molecule has 140 valence electrons. The van der Waals surface area contributed by atoms with E-state index in [1.807, 2.05) is 34.9 Å². The van der Waals surface area contributed by atoms with Gasteiger partial charge in [-0.05, 0) is 53.5 Å². The Morgan fingerprint density at radius 3 is 2.36 bits per heavy atom. The van der Waals surface area contributed by atoms with Crippen molar-refractivity contribution in [2.45, 2.75) is 13.0 Å². The summed E-state index contributed by atoms with van der Waals surface area (Å²) < 4.78 is 2.49. The third-order valence-corrected chi connectivity index (χ3v) is 4.96. The summed E-state index contributed by atoms with van der Waals surface area (Å²) in [5.74, 6) is 0.525. The number of benzene rings is 3. The summed E-state index contributed by atoms with van der Waals surface area (Å²) in [5, 5.41) is 26.5. The van der Waals surface area contributed by atoms with E-state index >= 15 is 0 Å². The second kappa shape index (κ2) is 7.70. The largest absolute Gasteiger partial charge is 0.504 e. The van der Waals surface area contributed by atoms with Gasteiger partial charge in [-0.2, -0.15) is 5.10 Å². The molecule has 4 aromatic rings. The quantitative estimate of drug-likeness (QED) is 0.334. The van der Waals surface area contributed by atoms with E-state index in [1.54, 1.807) is 12.1 Å². The van der Waals surface area contributed by atoms with Gasteiger partial charge in [0.15, 0.2) is 22.1 Å². The first-order chi connectivity index (χ1) is 13.6. The lowest BCUT2D eigenvalue weighted by Gasteiger charge is -2.09. The first-order valence-corrected chi connectivity index (χ1v) is 9.34. The highest BCUT2D eigenvalue weighted by atomic mass is 32.1. The van der Waals surface area contributed by atoms with E-state index < -0.39 is 0 Å². The van der Waals surface area contributed by atoms with Gasteiger partial charge in [0.25, 0.3) is 0 Å². The van der Waals surface area contributed by atoms with Crippen LogP contribution in [0.5, 0.6) is 11.5 Å². The molecule has 0 atom stereocenters. The number of phenolic OH excluding ortho intramolecular Hbond substituents is 2. The normalized spacial score (nSPS) is 10.9. The molecule has 0 bridgehead atoms. The van der Waals surface area contributed by atoms with E-state index in [4.69, 9.17) is 12.2 Å². The van der Waals surface area contributed by atoms with Crippen LogP contribution in [-0.4, -0.2) is 25.0 Å². The van der Waals surface area contributed by atoms with Crippen LogP contribution >= 0.6 is 12.2 Å². The van der Waals surface area contributed by atoms with Crippen molar-refractivity contribution in [1.82, 2.24) is 14.8 Å². The molecule has 0 aliphatic heterocycles. The van der Waals surface area contributed by atoms with Gasteiger partial charge in [0.05, 0.1) is 0 Å². The molecule has 6 heteroatoms. The van der Waals surface area contributed by atoms with E-state index in [2.05, 4.69) is 34.5 Å². The number of phenols is 2. The average molecular weight is 389 g/mol. The fourth-order valence-corrected chi connectivity index (χ4v) is 3.40. The van der Waals surface area contributed by atoms with E-state index in [0.717, 1.165) is 28.1 Å². The van der Waals surface area contributed by atoms with Crippen LogP contribution < -0.4 is 0 Å². The Bertz CT molecular complexity index is 1170. The first kappa shape index (κ1) is 18.0. The molecule has 4 rings (SSSR count). The van der Waals surface area contributed by atoms with E-state index in [0.29, 0.717) is 17.7 Å². The summed E-state index contributed by atoms with van der Waals surface area (Å²) in [5.41, 5.74) is 4.14. The summed E-state index contributed by atoms with van der Waals surface area (Å²) in [7, 11) is 0. The lowest BCUT2D eigenvalue weighted by atomic mass is 10.0. The number of nitrogens with one attached hydrogen (secondary N) is 1. The van der Waals surface area contributed by atoms with Crippen molar-refractivity contribution in [3.05, 3.63) is 83.1 Å². The maximum Gasteiger partial charge on any atom is 0.195 e. The monoisotopic (exact) mass is 389 g/mol. The van der Waals surface area contributed by atoms with Crippen molar-refractivity contribution in [3.8, 4) is 34.0 Å². The molecule has 0 saturated carbocycles. The maximum atomic E-state index is 9.69. The number of aromatic nitrogens is 3. The number of aromatic amines is 1. The predicted octanol–water partition coefficient (Wildman–Crippen LogP) is 4.93. The third kappa shape index (κ3) is 3.68. The van der Waals surface area contributed by atoms with E-state index in [9.17, 15) is 10.2 Å². The van der Waals surface area contributed by atoms with Gasteiger partial charge in [0.2, 0.25) is 0 Å². The van der Waals surface area contributed by atoms with Gasteiger partial charge in [0.1, 0.15) is 0 Å². The molecule has 3 aromatic carbocycles. The Kier molecular flexibility index (Phi) is 4.95. The van der Waals surface area contributed by atoms with Crippen molar-refractivity contribution in [2.75, 3.05) is 0 Å². The number of hydrogen-bond donors (Lipinski definition) is 3. The number of nitrogens with zero attached hydrogens (tertiary/aromatic N) is 2. The Hall–Kier alpha value is -3.38. The van der Waals surface area contributed by atoms with Gasteiger partial charge in [-0.15, -0.1) is 0 Å². The van der Waals surface area contributed by atoms with E-state index in [-0.39, 0.29) is 11.5 Å². The van der Waals surface area contributed by atoms with Crippen molar-refractivity contribution in [3.63, 3.8) is 0 Å². The highest BCUT2D eigenvalue weighted by molar-refractivity contribution is 7.71. The summed E-state index contributed by atoms with van der Waals surface area (Å²) in [6.45, 7) is 0.602. The number of hydrogen-bond acceptors (Lipinski definition) is 4. The SMILES string of the molecule is Oc1ccc(CCn2c(-c3cccc(-c4ccccc4)c3)n[nH]c2=S)cc1O. The van der Waals surface area contributed by atoms with Crippen LogP contribution in [0.3, 0.4) is 0 Å². The second-order valence-electron chi connectivity index (χ2n) is 6.52. The second-order valence-corrected chi connectivity index (χ2v) is 6.91. The number of aromatic hydroxyl groups is 2. The maximum absolute atomic E-state index is 9.69. The molecular weight excluding hydrogens is 370 g/mol. The zero-order chi connectivity index (χ0) is 19.5. The summed E-state index contributed by atoms with van der Waals surface area (Å²) in [4.78, 5) is 0. The van der Waals surface area contributed by atoms with Crippen LogP contribution in [0.15, 0.2) is 72.8 Å². The van der Waals surface area contributed by atoms with Crippen LogP contribution in [-0.2, 0) is 13.0 Å². The molecular formula is C22H19N3O2S. The molecule has 0 fully saturated rings. The number of H-pyrrole nitrogens is 1. The molecule has 0 amide bonds. The first-order valence-electron chi connectivity index (χ1n) is 8.94. The molecule has 0 unspecified atom stereocenters. The van der Waals surface area contributed by atoms with Crippen molar-refractivity contribution >= 4 is 12.2 Å². The summed E-state index contributed by atoms with van der Waals surface area (Å²) >= 11 is 5.42. The van der Waals surface area contributed by atoms with Gasteiger partial charge >= 0.3 is 0 Å². The molecule has 5 nitrogen and oxygen atoms in total. The lowest BCUT2D eigenvalue weighted by Crippen LogP contribution is -2.04. The molecule has 0 saturated heterocycles. The Morgan fingerprint density at radius 1 is 0.821 bits per heavy atom. The fraction of sp³-hybridized carbons (Fsp3) is 0.0909. The highest BCUT2D eigenvalue weighted by Crippen LogP contribution is 2.27. The number of rotatable bonds is 5. The molecule has 0 aliphatic rings. The zero-order valence-corrected chi connectivity index (χ0v) is 15.9. The lowest BCUT2D eigenvalue weighted by molar-refractivity contribution is 0.403. The third-order valence-electron chi connectivity index (χ3n) is 4.65. The molecule has 0 aliphatic carbocycles. The Balaban J connectivity index is 1.63. The van der Waals surface area contributed by atoms with Crippen LogP contribution in [0.25, 0.3) is 22.5 Å². The van der Waals surface area contributed by atoms with Crippen LogP contribution in [0.2, 0.25) is 0 Å². The Labute approximate surface area is 167 Å². The molecule has 0 radical (unpaired) electrons. The minimum Gasteiger partial charge on any atom is -0.504 e. The summed E-state index contributed by atoms with van der Waals surface area (Å²) in [6.07, 6.45) is 0.646. The highest BCUT2D eigenvalue weighted by Gasteiger charge is 2.11. The standard InChI is InChI=1S/C22H19N3O2S/c26-19-10-9-15(13-20(19)27)11-12-25-21(23-24-22(25)28)18-8-4-7-17(14-18)16-5-2-1-3-6-16/h1-10,13-14,26-27H,11-12H2,(H,24,28). The molecule has 1 aromatic heterocycles. The van der Waals surface area contributed by atoms with Gasteiger partial charge in [-0.3, -0.25) is 9.67 Å². The topological polar surface area (TPSA) is 74.1 Å². The molecule has 3 N–H and O–H groups in total. The van der Waals surface area contributed by atoms with Gasteiger partial charge in [0, 0.05) is 12.1 Å². The minimum absolute atomic E-state index is 0.121.